The Morgan fingerprint density at radius 2 is 2.19 bits per heavy atom. The minimum absolute atomic E-state index is 0.381. The second-order valence-electron chi connectivity index (χ2n) is 5.99. The predicted molar refractivity (Wildman–Crippen MR) is 69.6 cm³/mol. The Morgan fingerprint density at radius 3 is 2.81 bits per heavy atom. The van der Waals surface area contributed by atoms with Crippen LogP contribution >= 0.6 is 0 Å². The van der Waals surface area contributed by atoms with Gasteiger partial charge in [-0.05, 0) is 59.0 Å². The molecule has 2 aliphatic rings. The van der Waals surface area contributed by atoms with Crippen molar-refractivity contribution in [3.8, 4) is 0 Å². The first-order valence-electron chi connectivity index (χ1n) is 6.71. The van der Waals surface area contributed by atoms with E-state index in [1.165, 1.54) is 44.5 Å². The van der Waals surface area contributed by atoms with Gasteiger partial charge < -0.3 is 5.32 Å². The van der Waals surface area contributed by atoms with Crippen LogP contribution in [-0.4, -0.2) is 36.6 Å². The van der Waals surface area contributed by atoms with Crippen molar-refractivity contribution >= 4 is 0 Å². The lowest BCUT2D eigenvalue weighted by atomic mass is 9.95. The fourth-order valence-corrected chi connectivity index (χ4v) is 2.74. The van der Waals surface area contributed by atoms with Gasteiger partial charge >= 0.3 is 0 Å². The highest BCUT2D eigenvalue weighted by molar-refractivity contribution is 5.02. The van der Waals surface area contributed by atoms with Crippen LogP contribution in [0.15, 0.2) is 11.6 Å². The molecule has 1 saturated carbocycles. The Bertz CT molecular complexity index is 264. The minimum atomic E-state index is 0.381. The van der Waals surface area contributed by atoms with Crippen LogP contribution in [0, 0.1) is 5.92 Å². The molecule has 1 N–H and O–H groups in total. The Balaban J connectivity index is 1.95. The van der Waals surface area contributed by atoms with Gasteiger partial charge in [-0.25, -0.2) is 0 Å². The topological polar surface area (TPSA) is 15.3 Å². The molecule has 2 rings (SSSR count). The van der Waals surface area contributed by atoms with E-state index in [0.29, 0.717) is 5.54 Å². The van der Waals surface area contributed by atoms with Gasteiger partial charge in [-0.15, -0.1) is 0 Å². The highest BCUT2D eigenvalue weighted by atomic mass is 15.2. The highest BCUT2D eigenvalue weighted by Gasteiger charge is 2.42. The zero-order valence-electron chi connectivity index (χ0n) is 11.1. The minimum Gasteiger partial charge on any atom is -0.310 e. The van der Waals surface area contributed by atoms with E-state index in [9.17, 15) is 0 Å². The normalized spacial score (nSPS) is 32.2. The van der Waals surface area contributed by atoms with E-state index < -0.39 is 0 Å². The summed E-state index contributed by atoms with van der Waals surface area (Å²) in [5, 5.41) is 3.78. The third-order valence-corrected chi connectivity index (χ3v) is 3.97. The van der Waals surface area contributed by atoms with Gasteiger partial charge in [0.15, 0.2) is 0 Å². The van der Waals surface area contributed by atoms with Crippen molar-refractivity contribution in [1.29, 1.82) is 0 Å². The molecule has 0 radical (unpaired) electrons. The summed E-state index contributed by atoms with van der Waals surface area (Å²) in [6.07, 6.45) is 6.51. The zero-order valence-corrected chi connectivity index (χ0v) is 11.1. The molecular weight excluding hydrogens is 196 g/mol. The fraction of sp³-hybridized carbons (Fsp3) is 0.857. The maximum atomic E-state index is 3.78. The van der Waals surface area contributed by atoms with Crippen molar-refractivity contribution in [2.75, 3.05) is 26.2 Å². The lowest BCUT2D eigenvalue weighted by Gasteiger charge is -2.33. The van der Waals surface area contributed by atoms with Crippen molar-refractivity contribution in [1.82, 2.24) is 10.2 Å². The SMILES string of the molecule is CC(C)=CCN1CCCNC(C)(C2CC2)C1. The van der Waals surface area contributed by atoms with Crippen molar-refractivity contribution in [2.45, 2.75) is 45.6 Å². The Hall–Kier alpha value is -0.340. The molecule has 0 spiro atoms. The summed E-state index contributed by atoms with van der Waals surface area (Å²) in [6, 6.07) is 0. The maximum Gasteiger partial charge on any atom is 0.0308 e. The van der Waals surface area contributed by atoms with E-state index in [4.69, 9.17) is 0 Å². The molecule has 1 saturated heterocycles. The molecule has 1 heterocycles. The first kappa shape index (κ1) is 12.1. The van der Waals surface area contributed by atoms with Gasteiger partial charge in [0.1, 0.15) is 0 Å². The molecular formula is C14H26N2. The lowest BCUT2D eigenvalue weighted by Crippen LogP contribution is -2.50. The largest absolute Gasteiger partial charge is 0.310 e. The van der Waals surface area contributed by atoms with Gasteiger partial charge in [0.2, 0.25) is 0 Å². The molecule has 0 aromatic heterocycles. The molecule has 16 heavy (non-hydrogen) atoms. The molecule has 2 nitrogen and oxygen atoms in total. The summed E-state index contributed by atoms with van der Waals surface area (Å²) in [5.41, 5.74) is 1.82. The van der Waals surface area contributed by atoms with E-state index in [2.05, 4.69) is 37.1 Å². The van der Waals surface area contributed by atoms with Gasteiger partial charge in [0.25, 0.3) is 0 Å². The maximum absolute atomic E-state index is 3.78. The summed E-state index contributed by atoms with van der Waals surface area (Å²) in [6.45, 7) is 11.6. The summed E-state index contributed by atoms with van der Waals surface area (Å²) in [7, 11) is 0. The van der Waals surface area contributed by atoms with Gasteiger partial charge in [-0.2, -0.15) is 0 Å². The molecule has 2 fully saturated rings. The van der Waals surface area contributed by atoms with E-state index in [1.807, 2.05) is 0 Å². The number of hydrogen-bond acceptors (Lipinski definition) is 2. The van der Waals surface area contributed by atoms with E-state index in [0.717, 1.165) is 12.5 Å². The summed E-state index contributed by atoms with van der Waals surface area (Å²) in [5.74, 6) is 0.930. The van der Waals surface area contributed by atoms with Crippen molar-refractivity contribution in [2.24, 2.45) is 5.92 Å². The number of hydrogen-bond donors (Lipinski definition) is 1. The summed E-state index contributed by atoms with van der Waals surface area (Å²) >= 11 is 0. The molecule has 0 bridgehead atoms. The first-order valence-corrected chi connectivity index (χ1v) is 6.71. The summed E-state index contributed by atoms with van der Waals surface area (Å²) < 4.78 is 0. The number of nitrogens with one attached hydrogen (secondary N) is 1. The quantitative estimate of drug-likeness (QED) is 0.738. The second kappa shape index (κ2) is 4.89. The van der Waals surface area contributed by atoms with Crippen LogP contribution < -0.4 is 5.32 Å². The van der Waals surface area contributed by atoms with E-state index in [1.54, 1.807) is 0 Å². The van der Waals surface area contributed by atoms with Crippen LogP contribution in [0.2, 0.25) is 0 Å². The second-order valence-corrected chi connectivity index (χ2v) is 5.99. The number of rotatable bonds is 3. The van der Waals surface area contributed by atoms with Crippen molar-refractivity contribution in [3.63, 3.8) is 0 Å². The van der Waals surface area contributed by atoms with Crippen LogP contribution in [0.4, 0.5) is 0 Å². The van der Waals surface area contributed by atoms with Crippen molar-refractivity contribution in [3.05, 3.63) is 11.6 Å². The van der Waals surface area contributed by atoms with Crippen LogP contribution in [0.5, 0.6) is 0 Å². The smallest absolute Gasteiger partial charge is 0.0308 e. The number of nitrogens with zero attached hydrogens (tertiary/aromatic N) is 1. The summed E-state index contributed by atoms with van der Waals surface area (Å²) in [4.78, 5) is 2.62. The molecule has 0 amide bonds. The monoisotopic (exact) mass is 222 g/mol. The van der Waals surface area contributed by atoms with Gasteiger partial charge in [-0.3, -0.25) is 4.90 Å². The van der Waals surface area contributed by atoms with Crippen LogP contribution in [0.3, 0.4) is 0 Å². The zero-order chi connectivity index (χ0) is 11.6. The number of allylic oxidation sites excluding steroid dienone is 1. The molecule has 1 aliphatic heterocycles. The average molecular weight is 222 g/mol. The third kappa shape index (κ3) is 3.08. The first-order chi connectivity index (χ1) is 7.60. The molecule has 1 aliphatic carbocycles. The van der Waals surface area contributed by atoms with E-state index in [-0.39, 0.29) is 0 Å². The molecule has 1 atom stereocenters. The lowest BCUT2D eigenvalue weighted by molar-refractivity contribution is 0.216. The highest BCUT2D eigenvalue weighted by Crippen LogP contribution is 2.40. The Morgan fingerprint density at radius 1 is 1.44 bits per heavy atom. The predicted octanol–water partition coefficient (Wildman–Crippen LogP) is 2.42. The molecule has 1 unspecified atom stereocenters. The molecule has 92 valence electrons. The fourth-order valence-electron chi connectivity index (χ4n) is 2.74. The average Bonchev–Trinajstić information content (AvgIpc) is 3.01. The van der Waals surface area contributed by atoms with Crippen LogP contribution in [0.1, 0.15) is 40.0 Å². The van der Waals surface area contributed by atoms with Crippen molar-refractivity contribution < 1.29 is 0 Å². The van der Waals surface area contributed by atoms with Gasteiger partial charge in [0, 0.05) is 18.6 Å². The van der Waals surface area contributed by atoms with E-state index >= 15 is 0 Å². The molecule has 0 aromatic carbocycles. The standard InChI is InChI=1S/C14H26N2/c1-12(2)7-10-16-9-4-8-15-14(3,11-16)13-5-6-13/h7,13,15H,4-6,8-11H2,1-3H3. The molecule has 0 aromatic rings. The van der Waals surface area contributed by atoms with Gasteiger partial charge in [-0.1, -0.05) is 11.6 Å². The third-order valence-electron chi connectivity index (χ3n) is 3.97. The Kier molecular flexibility index (Phi) is 3.70. The molecule has 2 heteroatoms. The Labute approximate surface area is 100 Å². The van der Waals surface area contributed by atoms with Crippen LogP contribution in [-0.2, 0) is 0 Å². The van der Waals surface area contributed by atoms with Gasteiger partial charge in [0.05, 0.1) is 0 Å². The van der Waals surface area contributed by atoms with Crippen LogP contribution in [0.25, 0.3) is 0 Å².